The highest BCUT2D eigenvalue weighted by atomic mass is 79.9. The van der Waals surface area contributed by atoms with Gasteiger partial charge in [0.2, 0.25) is 0 Å². The third-order valence-electron chi connectivity index (χ3n) is 1.45. The molecule has 1 aliphatic heterocycles. The minimum absolute atomic E-state index is 0.415. The second-order valence-electron chi connectivity index (χ2n) is 2.39. The van der Waals surface area contributed by atoms with Crippen molar-refractivity contribution in [1.82, 2.24) is 0 Å². The highest BCUT2D eigenvalue weighted by Gasteiger charge is 2.23. The van der Waals surface area contributed by atoms with Gasteiger partial charge in [-0.25, -0.2) is 0 Å². The number of rotatable bonds is 2. The number of furan rings is 1. The number of hydrogen-bond donors (Lipinski definition) is 0. The van der Waals surface area contributed by atoms with Gasteiger partial charge in [-0.3, -0.25) is 0 Å². The molecule has 2 rings (SSSR count). The van der Waals surface area contributed by atoms with Crippen LogP contribution in [0.5, 0.6) is 0 Å². The fourth-order valence-corrected chi connectivity index (χ4v) is 1.22. The van der Waals surface area contributed by atoms with E-state index in [1.54, 1.807) is 6.26 Å². The van der Waals surface area contributed by atoms with Gasteiger partial charge in [-0.2, -0.15) is 0 Å². The van der Waals surface area contributed by atoms with Crippen molar-refractivity contribution >= 4 is 15.9 Å². The molecule has 1 unspecified atom stereocenters. The van der Waals surface area contributed by atoms with Gasteiger partial charge in [0, 0.05) is 6.42 Å². The first-order valence-electron chi connectivity index (χ1n) is 3.19. The molecule has 0 aliphatic carbocycles. The summed E-state index contributed by atoms with van der Waals surface area (Å²) >= 11 is 3.31. The molecule has 54 valence electrons. The molecule has 1 aliphatic rings. The molecule has 2 heterocycles. The molecule has 2 nitrogen and oxygen atoms in total. The zero-order chi connectivity index (χ0) is 6.97. The van der Waals surface area contributed by atoms with Crippen molar-refractivity contribution in [1.29, 1.82) is 0 Å². The second-order valence-corrected chi connectivity index (χ2v) is 3.31. The largest absolute Gasteiger partial charge is 0.468 e. The number of epoxide rings is 1. The lowest BCUT2D eigenvalue weighted by Crippen LogP contribution is -1.88. The highest BCUT2D eigenvalue weighted by molar-refractivity contribution is 9.10. The summed E-state index contributed by atoms with van der Waals surface area (Å²) in [5.41, 5.74) is 0. The van der Waals surface area contributed by atoms with Gasteiger partial charge in [-0.1, -0.05) is 0 Å². The van der Waals surface area contributed by atoms with Gasteiger partial charge in [-0.15, -0.1) is 0 Å². The molecule has 1 fully saturated rings. The van der Waals surface area contributed by atoms with Crippen molar-refractivity contribution in [2.45, 2.75) is 12.5 Å². The van der Waals surface area contributed by atoms with Crippen LogP contribution >= 0.6 is 15.9 Å². The minimum atomic E-state index is 0.415. The van der Waals surface area contributed by atoms with Gasteiger partial charge in [0.05, 0.1) is 17.2 Å². The highest BCUT2D eigenvalue weighted by Crippen LogP contribution is 2.20. The molecule has 0 radical (unpaired) electrons. The van der Waals surface area contributed by atoms with Crippen molar-refractivity contribution in [3.63, 3.8) is 0 Å². The first-order chi connectivity index (χ1) is 4.84. The summed E-state index contributed by atoms with van der Waals surface area (Å²) in [6.45, 7) is 0.887. The average Bonchev–Trinajstić information content (AvgIpc) is 2.59. The normalized spacial score (nSPS) is 23.1. The van der Waals surface area contributed by atoms with Crippen molar-refractivity contribution in [2.24, 2.45) is 0 Å². The molecule has 1 aromatic rings. The van der Waals surface area contributed by atoms with Crippen LogP contribution in [-0.4, -0.2) is 12.7 Å². The molecule has 0 saturated carbocycles. The topological polar surface area (TPSA) is 25.7 Å². The Kier molecular flexibility index (Phi) is 1.54. The molecule has 0 spiro atoms. The van der Waals surface area contributed by atoms with Crippen LogP contribution in [0.2, 0.25) is 0 Å². The molecule has 10 heavy (non-hydrogen) atoms. The van der Waals surface area contributed by atoms with E-state index in [1.165, 1.54) is 0 Å². The molecular weight excluding hydrogens is 196 g/mol. The van der Waals surface area contributed by atoms with Gasteiger partial charge in [0.25, 0.3) is 0 Å². The Morgan fingerprint density at radius 3 is 3.00 bits per heavy atom. The van der Waals surface area contributed by atoms with E-state index < -0.39 is 0 Å². The minimum Gasteiger partial charge on any atom is -0.468 e. The molecule has 1 aromatic heterocycles. The lowest BCUT2D eigenvalue weighted by molar-refractivity contribution is 0.388. The maximum Gasteiger partial charge on any atom is 0.107 e. The molecular formula is C7H7BrO2. The Hall–Kier alpha value is -0.280. The van der Waals surface area contributed by atoms with Crippen LogP contribution in [0.4, 0.5) is 0 Å². The van der Waals surface area contributed by atoms with Crippen LogP contribution in [0, 0.1) is 0 Å². The summed E-state index contributed by atoms with van der Waals surface area (Å²) in [4.78, 5) is 0. The van der Waals surface area contributed by atoms with E-state index in [9.17, 15) is 0 Å². The Bertz CT molecular complexity index is 227. The summed E-state index contributed by atoms with van der Waals surface area (Å²) in [7, 11) is 0. The molecule has 0 aromatic carbocycles. The summed E-state index contributed by atoms with van der Waals surface area (Å²) in [5.74, 6) is 0.995. The van der Waals surface area contributed by atoms with Gasteiger partial charge in [-0.05, 0) is 22.0 Å². The van der Waals surface area contributed by atoms with Crippen molar-refractivity contribution < 1.29 is 9.15 Å². The summed E-state index contributed by atoms with van der Waals surface area (Å²) in [5, 5.41) is 0. The Labute approximate surface area is 67.3 Å². The fourth-order valence-electron chi connectivity index (χ4n) is 0.871. The Morgan fingerprint density at radius 2 is 2.50 bits per heavy atom. The fraction of sp³-hybridized carbons (Fsp3) is 0.429. The second kappa shape index (κ2) is 2.40. The zero-order valence-corrected chi connectivity index (χ0v) is 6.93. The van der Waals surface area contributed by atoms with E-state index in [0.29, 0.717) is 6.10 Å². The molecule has 1 atom stereocenters. The first kappa shape index (κ1) is 6.43. The molecule has 0 bridgehead atoms. The molecule has 1 saturated heterocycles. The molecule has 3 heteroatoms. The third kappa shape index (κ3) is 1.41. The summed E-state index contributed by atoms with van der Waals surface area (Å²) in [6, 6.07) is 1.97. The van der Waals surface area contributed by atoms with Gasteiger partial charge >= 0.3 is 0 Å². The summed E-state index contributed by atoms with van der Waals surface area (Å²) in [6.07, 6.45) is 3.02. The lowest BCUT2D eigenvalue weighted by Gasteiger charge is -1.86. The molecule has 0 N–H and O–H groups in total. The maximum absolute atomic E-state index is 5.19. The molecule has 0 amide bonds. The lowest BCUT2D eigenvalue weighted by atomic mass is 10.3. The Morgan fingerprint density at radius 1 is 1.70 bits per heavy atom. The van der Waals surface area contributed by atoms with Crippen LogP contribution in [-0.2, 0) is 11.2 Å². The zero-order valence-electron chi connectivity index (χ0n) is 5.34. The SMILES string of the molecule is Brc1coc(CC2CO2)c1. The standard InChI is InChI=1S/C7H7BrO2/c8-5-1-6(9-3-5)2-7-4-10-7/h1,3,7H,2,4H2. The van der Waals surface area contributed by atoms with E-state index in [1.807, 2.05) is 6.07 Å². The predicted molar refractivity (Wildman–Crippen MR) is 39.9 cm³/mol. The summed E-state index contributed by atoms with van der Waals surface area (Å²) < 4.78 is 11.2. The predicted octanol–water partition coefficient (Wildman–Crippen LogP) is 1.98. The van der Waals surface area contributed by atoms with Crippen LogP contribution < -0.4 is 0 Å². The van der Waals surface area contributed by atoms with E-state index >= 15 is 0 Å². The van der Waals surface area contributed by atoms with Crippen molar-refractivity contribution in [2.75, 3.05) is 6.61 Å². The van der Waals surface area contributed by atoms with Crippen LogP contribution in [0.3, 0.4) is 0 Å². The number of hydrogen-bond acceptors (Lipinski definition) is 2. The van der Waals surface area contributed by atoms with Gasteiger partial charge < -0.3 is 9.15 Å². The first-order valence-corrected chi connectivity index (χ1v) is 3.98. The quantitative estimate of drug-likeness (QED) is 0.686. The number of ether oxygens (including phenoxy) is 1. The third-order valence-corrected chi connectivity index (χ3v) is 1.87. The van der Waals surface area contributed by atoms with Crippen LogP contribution in [0.25, 0.3) is 0 Å². The van der Waals surface area contributed by atoms with E-state index in [2.05, 4.69) is 15.9 Å². The van der Waals surface area contributed by atoms with Crippen LogP contribution in [0.15, 0.2) is 21.2 Å². The van der Waals surface area contributed by atoms with Crippen LogP contribution in [0.1, 0.15) is 5.76 Å². The Balaban J connectivity index is 2.03. The average molecular weight is 203 g/mol. The van der Waals surface area contributed by atoms with E-state index in [0.717, 1.165) is 23.3 Å². The van der Waals surface area contributed by atoms with Crippen molar-refractivity contribution in [3.8, 4) is 0 Å². The smallest absolute Gasteiger partial charge is 0.107 e. The van der Waals surface area contributed by atoms with Gasteiger partial charge in [0.15, 0.2) is 0 Å². The van der Waals surface area contributed by atoms with E-state index in [4.69, 9.17) is 9.15 Å². The maximum atomic E-state index is 5.19. The van der Waals surface area contributed by atoms with E-state index in [-0.39, 0.29) is 0 Å². The van der Waals surface area contributed by atoms with Crippen molar-refractivity contribution in [3.05, 3.63) is 22.6 Å². The number of halogens is 1. The monoisotopic (exact) mass is 202 g/mol. The van der Waals surface area contributed by atoms with Gasteiger partial charge in [0.1, 0.15) is 12.0 Å².